The molecule has 1 aliphatic carbocycles. The number of rotatable bonds is 6. The van der Waals surface area contributed by atoms with Crippen molar-refractivity contribution in [2.75, 3.05) is 0 Å². The van der Waals surface area contributed by atoms with Gasteiger partial charge in [0, 0.05) is 11.0 Å². The van der Waals surface area contributed by atoms with Crippen LogP contribution in [0.2, 0.25) is 0 Å². The monoisotopic (exact) mass is 478 g/mol. The molecule has 0 spiro atoms. The van der Waals surface area contributed by atoms with E-state index in [1.54, 1.807) is 27.7 Å². The molecule has 0 aliphatic heterocycles. The Hall–Kier alpha value is -1.96. The summed E-state index contributed by atoms with van der Waals surface area (Å²) < 4.78 is 88.0. The first-order valence-electron chi connectivity index (χ1n) is 10.8. The lowest BCUT2D eigenvalue weighted by Crippen LogP contribution is -2.60. The number of phenols is 1. The molecular weight excluding hydrogens is 446 g/mol. The van der Waals surface area contributed by atoms with Crippen molar-refractivity contribution >= 4 is 0 Å². The summed E-state index contributed by atoms with van der Waals surface area (Å²) >= 11 is 0. The van der Waals surface area contributed by atoms with E-state index in [9.17, 15) is 36.6 Å². The second-order valence-electron chi connectivity index (χ2n) is 10.2. The lowest BCUT2D eigenvalue weighted by molar-refractivity contribution is -0.324. The van der Waals surface area contributed by atoms with Gasteiger partial charge >= 0.3 is 12.4 Å². The van der Waals surface area contributed by atoms with Crippen LogP contribution < -0.4 is 0 Å². The largest absolute Gasteiger partial charge is 0.508 e. The maximum atomic E-state index is 14.7. The maximum absolute atomic E-state index is 14.7. The Morgan fingerprint density at radius 2 is 1.45 bits per heavy atom. The number of allylic oxidation sites excluding steroid dienone is 2. The van der Waals surface area contributed by atoms with E-state index >= 15 is 0 Å². The van der Waals surface area contributed by atoms with E-state index in [0.29, 0.717) is 6.07 Å². The van der Waals surface area contributed by atoms with Crippen LogP contribution in [-0.4, -0.2) is 28.7 Å². The van der Waals surface area contributed by atoms with Crippen molar-refractivity contribution in [2.24, 2.45) is 17.3 Å². The second kappa shape index (κ2) is 8.67. The highest BCUT2D eigenvalue weighted by atomic mass is 19.4. The number of aromatic hydroxyl groups is 1. The number of aliphatic hydroxyl groups is 1. The zero-order valence-electron chi connectivity index (χ0n) is 19.3. The van der Waals surface area contributed by atoms with E-state index in [1.807, 2.05) is 0 Å². The Balaban J connectivity index is 2.85. The highest BCUT2D eigenvalue weighted by molar-refractivity contribution is 5.47. The summed E-state index contributed by atoms with van der Waals surface area (Å²) in [5.74, 6) is -3.11. The zero-order valence-corrected chi connectivity index (χ0v) is 19.3. The van der Waals surface area contributed by atoms with Crippen LogP contribution in [0.3, 0.4) is 0 Å². The summed E-state index contributed by atoms with van der Waals surface area (Å²) in [5.41, 5.74) is -7.16. The Bertz CT molecular complexity index is 868. The summed E-state index contributed by atoms with van der Waals surface area (Å²) in [6.45, 7) is 13.6. The van der Waals surface area contributed by atoms with Crippen molar-refractivity contribution in [3.63, 3.8) is 0 Å². The van der Waals surface area contributed by atoms with Gasteiger partial charge in [0.2, 0.25) is 0 Å². The quantitative estimate of drug-likeness (QED) is 0.335. The van der Waals surface area contributed by atoms with Gasteiger partial charge in [-0.2, -0.15) is 26.3 Å². The third kappa shape index (κ3) is 4.55. The Morgan fingerprint density at radius 1 is 0.909 bits per heavy atom. The number of aliphatic hydroxyl groups excluding tert-OH is 1. The van der Waals surface area contributed by atoms with Gasteiger partial charge < -0.3 is 10.2 Å². The van der Waals surface area contributed by atoms with E-state index in [4.69, 9.17) is 0 Å². The van der Waals surface area contributed by atoms with Crippen LogP contribution in [0.5, 0.6) is 5.75 Å². The molecule has 3 atom stereocenters. The van der Waals surface area contributed by atoms with Gasteiger partial charge in [-0.05, 0) is 48.1 Å². The first-order chi connectivity index (χ1) is 14.9. The molecule has 1 aliphatic rings. The van der Waals surface area contributed by atoms with Gasteiger partial charge in [-0.3, -0.25) is 0 Å². The van der Waals surface area contributed by atoms with E-state index in [1.165, 1.54) is 12.2 Å². The van der Waals surface area contributed by atoms with Crippen LogP contribution in [-0.2, 0) is 10.8 Å². The van der Waals surface area contributed by atoms with Crippen LogP contribution in [0, 0.1) is 17.3 Å². The fraction of sp³-hybridized carbons (Fsp3) is 0.600. The molecule has 2 rings (SSSR count). The molecule has 0 saturated heterocycles. The second-order valence-corrected chi connectivity index (χ2v) is 10.2. The first kappa shape index (κ1) is 27.3. The van der Waals surface area contributed by atoms with Crippen LogP contribution in [0.1, 0.15) is 58.1 Å². The molecule has 33 heavy (non-hydrogen) atoms. The Kier molecular flexibility index (Phi) is 7.17. The van der Waals surface area contributed by atoms with Crippen molar-refractivity contribution in [1.29, 1.82) is 0 Å². The van der Waals surface area contributed by atoms with E-state index in [2.05, 4.69) is 13.2 Å². The zero-order chi connectivity index (χ0) is 25.6. The van der Waals surface area contributed by atoms with Crippen LogP contribution in [0.4, 0.5) is 26.3 Å². The predicted octanol–water partition coefficient (Wildman–Crippen LogP) is 7.21. The molecule has 1 fully saturated rings. The molecule has 2 unspecified atom stereocenters. The van der Waals surface area contributed by atoms with E-state index in [0.717, 1.165) is 12.1 Å². The molecule has 1 saturated carbocycles. The minimum Gasteiger partial charge on any atom is -0.508 e. The third-order valence-electron chi connectivity index (χ3n) is 7.46. The minimum absolute atomic E-state index is 0.0771. The molecule has 186 valence electrons. The smallest absolute Gasteiger partial charge is 0.407 e. The summed E-state index contributed by atoms with van der Waals surface area (Å²) in [6.07, 6.45) is -10.7. The molecule has 1 aromatic carbocycles. The van der Waals surface area contributed by atoms with Crippen LogP contribution >= 0.6 is 0 Å². The van der Waals surface area contributed by atoms with E-state index < -0.39 is 70.7 Å². The lowest BCUT2D eigenvalue weighted by Gasteiger charge is -2.50. The summed E-state index contributed by atoms with van der Waals surface area (Å²) in [4.78, 5) is 0. The predicted molar refractivity (Wildman–Crippen MR) is 116 cm³/mol. The van der Waals surface area contributed by atoms with Crippen molar-refractivity contribution in [3.05, 3.63) is 54.6 Å². The van der Waals surface area contributed by atoms with Crippen LogP contribution in [0.15, 0.2) is 43.5 Å². The van der Waals surface area contributed by atoms with Crippen molar-refractivity contribution < 1.29 is 36.6 Å². The molecule has 0 bridgehead atoms. The average molecular weight is 479 g/mol. The van der Waals surface area contributed by atoms with Crippen LogP contribution in [0.25, 0.3) is 0 Å². The number of halogens is 6. The fourth-order valence-electron chi connectivity index (χ4n) is 5.09. The normalized spacial score (nSPS) is 23.3. The lowest BCUT2D eigenvalue weighted by atomic mass is 9.57. The maximum Gasteiger partial charge on any atom is 0.407 e. The van der Waals surface area contributed by atoms with Gasteiger partial charge in [0.1, 0.15) is 5.75 Å². The molecule has 0 radical (unpaired) electrons. The molecular formula is C25H32F6O2. The Labute approximate surface area is 191 Å². The topological polar surface area (TPSA) is 40.5 Å². The molecule has 2 nitrogen and oxygen atoms in total. The number of benzene rings is 1. The third-order valence-corrected chi connectivity index (χ3v) is 7.46. The van der Waals surface area contributed by atoms with Crippen molar-refractivity contribution in [3.8, 4) is 5.75 Å². The molecule has 0 heterocycles. The van der Waals surface area contributed by atoms with Gasteiger partial charge in [-0.25, -0.2) is 0 Å². The van der Waals surface area contributed by atoms with Gasteiger partial charge in [0.25, 0.3) is 0 Å². The highest BCUT2D eigenvalue weighted by Crippen LogP contribution is 2.61. The van der Waals surface area contributed by atoms with E-state index in [-0.39, 0.29) is 12.0 Å². The number of hydrogen-bond acceptors (Lipinski definition) is 2. The number of alkyl halides is 6. The summed E-state index contributed by atoms with van der Waals surface area (Å²) in [5, 5.41) is 20.7. The Morgan fingerprint density at radius 3 is 1.91 bits per heavy atom. The number of phenolic OH excluding ortho intramolecular Hbond substituents is 1. The summed E-state index contributed by atoms with van der Waals surface area (Å²) in [7, 11) is 0. The fourth-order valence-corrected chi connectivity index (χ4v) is 5.09. The number of hydrogen-bond donors (Lipinski definition) is 2. The first-order valence-corrected chi connectivity index (χ1v) is 10.8. The highest BCUT2D eigenvalue weighted by Gasteiger charge is 2.75. The minimum atomic E-state index is -5.67. The molecule has 8 heteroatoms. The van der Waals surface area contributed by atoms with Gasteiger partial charge in [-0.15, -0.1) is 13.2 Å². The molecule has 2 N–H and O–H groups in total. The summed E-state index contributed by atoms with van der Waals surface area (Å²) in [6, 6.07) is 2.39. The van der Waals surface area contributed by atoms with Gasteiger partial charge in [0.15, 0.2) is 5.41 Å². The van der Waals surface area contributed by atoms with Crippen molar-refractivity contribution in [2.45, 2.75) is 76.2 Å². The molecule has 1 aromatic rings. The molecule has 0 aromatic heterocycles. The molecule has 0 amide bonds. The standard InChI is InChI=1S/C25H32F6O2/c1-7-21(3,4)17-13-15(9-11-19(17)32)23(24(26,27)28,25(29,30)31)16-10-12-20(33)18(14-16)22(5,6)8-2/h7-9,11,13,16,18,20,32-33H,1-2,10,12,14H2,3-6H3/t16?,18?,20-/m1/s1. The average Bonchev–Trinajstić information content (AvgIpc) is 2.68. The van der Waals surface area contributed by atoms with Gasteiger partial charge in [0.05, 0.1) is 6.10 Å². The van der Waals surface area contributed by atoms with Crippen molar-refractivity contribution in [1.82, 2.24) is 0 Å². The SMILES string of the molecule is C=CC(C)(C)c1cc(C(C2CC[C@@H](O)C(C(C)(C)C=C)C2)(C(F)(F)F)C(F)(F)F)ccc1O. The van der Waals surface area contributed by atoms with Gasteiger partial charge in [-0.1, -0.05) is 52.0 Å².